The van der Waals surface area contributed by atoms with Crippen molar-refractivity contribution in [1.82, 2.24) is 9.97 Å². The fourth-order valence-corrected chi connectivity index (χ4v) is 3.38. The Morgan fingerprint density at radius 1 is 0.864 bits per heavy atom. The SMILES string of the molecule is Nc1nc(-c2ccccn2)c(-c2ccc3ccccc3c2)s1. The minimum absolute atomic E-state index is 0.559. The number of anilines is 1. The Hall–Kier alpha value is -2.72. The first kappa shape index (κ1) is 13.0. The number of rotatable bonds is 2. The van der Waals surface area contributed by atoms with Crippen LogP contribution in [0.1, 0.15) is 0 Å². The van der Waals surface area contributed by atoms with E-state index in [2.05, 4.69) is 40.3 Å². The molecule has 0 atom stereocenters. The Morgan fingerprint density at radius 3 is 2.50 bits per heavy atom. The third-order valence-corrected chi connectivity index (χ3v) is 4.50. The highest BCUT2D eigenvalue weighted by Crippen LogP contribution is 2.38. The maximum atomic E-state index is 5.95. The van der Waals surface area contributed by atoms with Crippen LogP contribution in [-0.4, -0.2) is 9.97 Å². The molecule has 0 bridgehead atoms. The number of pyridine rings is 1. The zero-order valence-electron chi connectivity index (χ0n) is 11.7. The van der Waals surface area contributed by atoms with Crippen molar-refractivity contribution in [2.24, 2.45) is 0 Å². The summed E-state index contributed by atoms with van der Waals surface area (Å²) < 4.78 is 0. The zero-order valence-corrected chi connectivity index (χ0v) is 12.5. The van der Waals surface area contributed by atoms with E-state index >= 15 is 0 Å². The summed E-state index contributed by atoms with van der Waals surface area (Å²) in [6.07, 6.45) is 1.77. The van der Waals surface area contributed by atoms with Crippen molar-refractivity contribution >= 4 is 27.2 Å². The van der Waals surface area contributed by atoms with E-state index < -0.39 is 0 Å². The molecule has 22 heavy (non-hydrogen) atoms. The van der Waals surface area contributed by atoms with Gasteiger partial charge in [-0.15, -0.1) is 0 Å². The van der Waals surface area contributed by atoms with E-state index in [9.17, 15) is 0 Å². The summed E-state index contributed by atoms with van der Waals surface area (Å²) in [4.78, 5) is 9.93. The van der Waals surface area contributed by atoms with E-state index in [1.807, 2.05) is 30.3 Å². The van der Waals surface area contributed by atoms with Crippen molar-refractivity contribution < 1.29 is 0 Å². The molecule has 0 aliphatic carbocycles. The summed E-state index contributed by atoms with van der Waals surface area (Å²) in [6.45, 7) is 0. The predicted molar refractivity (Wildman–Crippen MR) is 92.7 cm³/mol. The molecule has 0 aliphatic rings. The normalized spacial score (nSPS) is 10.9. The van der Waals surface area contributed by atoms with Crippen molar-refractivity contribution in [2.45, 2.75) is 0 Å². The second-order valence-corrected chi connectivity index (χ2v) is 6.04. The number of nitrogens with two attached hydrogens (primary N) is 1. The monoisotopic (exact) mass is 303 g/mol. The van der Waals surface area contributed by atoms with Crippen LogP contribution in [-0.2, 0) is 0 Å². The summed E-state index contributed by atoms with van der Waals surface area (Å²) in [6, 6.07) is 20.6. The predicted octanol–water partition coefficient (Wildman–Crippen LogP) is 4.61. The van der Waals surface area contributed by atoms with Crippen LogP contribution < -0.4 is 5.73 Å². The number of aromatic nitrogens is 2. The van der Waals surface area contributed by atoms with Gasteiger partial charge in [-0.3, -0.25) is 4.98 Å². The Kier molecular flexibility index (Phi) is 3.09. The first-order chi connectivity index (χ1) is 10.8. The van der Waals surface area contributed by atoms with E-state index in [1.54, 1.807) is 6.20 Å². The van der Waals surface area contributed by atoms with Crippen LogP contribution in [0.5, 0.6) is 0 Å². The molecule has 2 heterocycles. The van der Waals surface area contributed by atoms with E-state index in [-0.39, 0.29) is 0 Å². The number of fused-ring (bicyclic) bond motifs is 1. The molecular formula is C18H13N3S. The van der Waals surface area contributed by atoms with Crippen LogP contribution >= 0.6 is 11.3 Å². The molecule has 106 valence electrons. The van der Waals surface area contributed by atoms with Crippen LogP contribution in [0, 0.1) is 0 Å². The van der Waals surface area contributed by atoms with E-state index in [4.69, 9.17) is 5.73 Å². The molecule has 2 N–H and O–H groups in total. The molecule has 0 amide bonds. The first-order valence-corrected chi connectivity index (χ1v) is 7.80. The lowest BCUT2D eigenvalue weighted by Gasteiger charge is -2.04. The fourth-order valence-electron chi connectivity index (χ4n) is 2.54. The maximum Gasteiger partial charge on any atom is 0.181 e. The van der Waals surface area contributed by atoms with Crippen molar-refractivity contribution in [3.05, 3.63) is 66.9 Å². The Balaban J connectivity index is 1.91. The van der Waals surface area contributed by atoms with Gasteiger partial charge >= 0.3 is 0 Å². The largest absolute Gasteiger partial charge is 0.375 e. The van der Waals surface area contributed by atoms with Crippen LogP contribution in [0.2, 0.25) is 0 Å². The number of hydrogen-bond donors (Lipinski definition) is 1. The third kappa shape index (κ3) is 2.23. The number of benzene rings is 2. The highest BCUT2D eigenvalue weighted by atomic mass is 32.1. The lowest BCUT2D eigenvalue weighted by molar-refractivity contribution is 1.28. The summed E-state index contributed by atoms with van der Waals surface area (Å²) in [5.74, 6) is 0. The number of nitrogen functional groups attached to an aromatic ring is 1. The second kappa shape index (κ2) is 5.24. The average molecular weight is 303 g/mol. The van der Waals surface area contributed by atoms with Gasteiger partial charge < -0.3 is 5.73 Å². The molecule has 0 spiro atoms. The molecule has 0 fully saturated rings. The molecule has 0 aliphatic heterocycles. The van der Waals surface area contributed by atoms with E-state index in [0.29, 0.717) is 5.13 Å². The van der Waals surface area contributed by atoms with Crippen molar-refractivity contribution in [3.63, 3.8) is 0 Å². The van der Waals surface area contributed by atoms with Crippen molar-refractivity contribution in [2.75, 3.05) is 5.73 Å². The minimum atomic E-state index is 0.559. The van der Waals surface area contributed by atoms with Gasteiger partial charge in [-0.25, -0.2) is 4.98 Å². The summed E-state index contributed by atoms with van der Waals surface area (Å²) in [5.41, 5.74) is 8.76. The fraction of sp³-hybridized carbons (Fsp3) is 0. The third-order valence-electron chi connectivity index (χ3n) is 3.56. The molecule has 0 unspecified atom stereocenters. The summed E-state index contributed by atoms with van der Waals surface area (Å²) in [7, 11) is 0. The lowest BCUT2D eigenvalue weighted by Crippen LogP contribution is -1.87. The molecular weight excluding hydrogens is 290 g/mol. The maximum absolute atomic E-state index is 5.95. The topological polar surface area (TPSA) is 51.8 Å². The van der Waals surface area contributed by atoms with Crippen LogP contribution in [0.25, 0.3) is 32.6 Å². The van der Waals surface area contributed by atoms with Crippen molar-refractivity contribution in [1.29, 1.82) is 0 Å². The molecule has 4 rings (SSSR count). The standard InChI is InChI=1S/C18H13N3S/c19-18-21-16(15-7-3-4-10-20-15)17(22-18)14-9-8-12-5-1-2-6-13(12)11-14/h1-11H,(H2,19,21). The van der Waals surface area contributed by atoms with Gasteiger partial charge in [-0.2, -0.15) is 0 Å². The van der Waals surface area contributed by atoms with Crippen LogP contribution in [0.4, 0.5) is 5.13 Å². The average Bonchev–Trinajstić information content (AvgIpc) is 2.97. The molecule has 0 saturated heterocycles. The smallest absolute Gasteiger partial charge is 0.181 e. The molecule has 0 saturated carbocycles. The Bertz CT molecular complexity index is 945. The first-order valence-electron chi connectivity index (χ1n) is 6.98. The highest BCUT2D eigenvalue weighted by molar-refractivity contribution is 7.19. The van der Waals surface area contributed by atoms with Gasteiger partial charge in [0.05, 0.1) is 10.6 Å². The Labute approximate surface area is 132 Å². The molecule has 2 aromatic carbocycles. The van der Waals surface area contributed by atoms with Gasteiger partial charge in [0.25, 0.3) is 0 Å². The number of thiazole rings is 1. The minimum Gasteiger partial charge on any atom is -0.375 e. The van der Waals surface area contributed by atoms with E-state index in [0.717, 1.165) is 21.8 Å². The van der Waals surface area contributed by atoms with Crippen molar-refractivity contribution in [3.8, 4) is 21.8 Å². The highest BCUT2D eigenvalue weighted by Gasteiger charge is 2.14. The van der Waals surface area contributed by atoms with E-state index in [1.165, 1.54) is 22.1 Å². The number of hydrogen-bond acceptors (Lipinski definition) is 4. The van der Waals surface area contributed by atoms with Gasteiger partial charge in [-0.05, 0) is 34.5 Å². The Morgan fingerprint density at radius 2 is 1.68 bits per heavy atom. The van der Waals surface area contributed by atoms with Gasteiger partial charge in [0, 0.05) is 6.20 Å². The van der Waals surface area contributed by atoms with Gasteiger partial charge in [0.1, 0.15) is 5.69 Å². The molecule has 3 nitrogen and oxygen atoms in total. The van der Waals surface area contributed by atoms with Gasteiger partial charge in [-0.1, -0.05) is 53.8 Å². The van der Waals surface area contributed by atoms with Crippen LogP contribution in [0.3, 0.4) is 0 Å². The van der Waals surface area contributed by atoms with Gasteiger partial charge in [0.2, 0.25) is 0 Å². The molecule has 2 aromatic heterocycles. The zero-order chi connectivity index (χ0) is 14.9. The molecule has 0 radical (unpaired) electrons. The molecule has 4 heteroatoms. The summed E-state index contributed by atoms with van der Waals surface area (Å²) >= 11 is 1.50. The number of nitrogens with zero attached hydrogens (tertiary/aromatic N) is 2. The summed E-state index contributed by atoms with van der Waals surface area (Å²) in [5, 5.41) is 2.99. The van der Waals surface area contributed by atoms with Crippen LogP contribution in [0.15, 0.2) is 66.9 Å². The lowest BCUT2D eigenvalue weighted by atomic mass is 10.0. The molecule has 4 aromatic rings. The quantitative estimate of drug-likeness (QED) is 0.588. The second-order valence-electron chi connectivity index (χ2n) is 5.01. The van der Waals surface area contributed by atoms with Gasteiger partial charge in [0.15, 0.2) is 5.13 Å².